The molecule has 0 bridgehead atoms. The van der Waals surface area contributed by atoms with E-state index in [2.05, 4.69) is 22.9 Å². The Morgan fingerprint density at radius 3 is 2.72 bits per heavy atom. The second-order valence-electron chi connectivity index (χ2n) is 4.43. The number of benzene rings is 1. The van der Waals surface area contributed by atoms with Gasteiger partial charge in [0.05, 0.1) is 11.5 Å². The summed E-state index contributed by atoms with van der Waals surface area (Å²) in [7, 11) is 0. The van der Waals surface area contributed by atoms with Gasteiger partial charge in [0.25, 0.3) is 5.69 Å². The summed E-state index contributed by atoms with van der Waals surface area (Å²) in [4.78, 5) is 10.3. The molecule has 1 aromatic carbocycles. The van der Waals surface area contributed by atoms with Crippen molar-refractivity contribution in [1.29, 1.82) is 0 Å². The first-order chi connectivity index (χ1) is 8.54. The van der Waals surface area contributed by atoms with Gasteiger partial charge in [-0.25, -0.2) is 0 Å². The van der Waals surface area contributed by atoms with Gasteiger partial charge in [0.2, 0.25) is 0 Å². The number of ether oxygens (including phenoxy) is 1. The minimum atomic E-state index is -0.378. The first-order valence-corrected chi connectivity index (χ1v) is 7.10. The van der Waals surface area contributed by atoms with Gasteiger partial charge in [-0.15, -0.1) is 0 Å². The lowest BCUT2D eigenvalue weighted by atomic mass is 10.1. The van der Waals surface area contributed by atoms with E-state index in [1.165, 1.54) is 6.07 Å². The average molecular weight is 316 g/mol. The van der Waals surface area contributed by atoms with Crippen molar-refractivity contribution in [2.45, 2.75) is 26.7 Å². The van der Waals surface area contributed by atoms with Crippen LogP contribution in [0.5, 0.6) is 5.75 Å². The molecule has 0 saturated carbocycles. The number of rotatable bonds is 7. The van der Waals surface area contributed by atoms with Crippen LogP contribution in [0.15, 0.2) is 18.2 Å². The molecule has 4 nitrogen and oxygen atoms in total. The van der Waals surface area contributed by atoms with E-state index in [1.807, 2.05) is 0 Å². The van der Waals surface area contributed by atoms with E-state index in [0.717, 1.165) is 18.2 Å². The first kappa shape index (κ1) is 15.0. The zero-order chi connectivity index (χ0) is 13.5. The molecule has 0 heterocycles. The van der Waals surface area contributed by atoms with E-state index in [1.54, 1.807) is 19.1 Å². The van der Waals surface area contributed by atoms with E-state index < -0.39 is 0 Å². The molecule has 100 valence electrons. The van der Waals surface area contributed by atoms with Gasteiger partial charge in [-0.2, -0.15) is 0 Å². The average Bonchev–Trinajstić information content (AvgIpc) is 2.29. The van der Waals surface area contributed by atoms with Crippen LogP contribution in [0, 0.1) is 23.0 Å². The summed E-state index contributed by atoms with van der Waals surface area (Å²) in [6.07, 6.45) is 2.12. The molecule has 0 spiro atoms. The molecule has 0 aliphatic heterocycles. The Labute approximate surface area is 116 Å². The van der Waals surface area contributed by atoms with Crippen LogP contribution in [0.4, 0.5) is 5.69 Å². The van der Waals surface area contributed by atoms with Crippen LogP contribution in [0.25, 0.3) is 0 Å². The monoisotopic (exact) mass is 315 g/mol. The van der Waals surface area contributed by atoms with Crippen LogP contribution in [0.3, 0.4) is 0 Å². The predicted molar refractivity (Wildman–Crippen MR) is 75.5 cm³/mol. The maximum Gasteiger partial charge on any atom is 0.272 e. The van der Waals surface area contributed by atoms with E-state index >= 15 is 0 Å². The third kappa shape index (κ3) is 4.64. The minimum absolute atomic E-state index is 0.134. The van der Waals surface area contributed by atoms with Gasteiger partial charge in [0, 0.05) is 17.0 Å². The van der Waals surface area contributed by atoms with Crippen molar-refractivity contribution >= 4 is 21.6 Å². The molecule has 0 aliphatic rings. The molecular formula is C13H18BrNO3. The molecule has 0 aliphatic carbocycles. The van der Waals surface area contributed by atoms with Crippen LogP contribution in [0.2, 0.25) is 0 Å². The second kappa shape index (κ2) is 7.36. The van der Waals surface area contributed by atoms with Crippen molar-refractivity contribution in [1.82, 2.24) is 0 Å². The van der Waals surface area contributed by atoms with Crippen molar-refractivity contribution in [2.24, 2.45) is 5.92 Å². The highest BCUT2D eigenvalue weighted by Crippen LogP contribution is 2.23. The zero-order valence-electron chi connectivity index (χ0n) is 10.7. The molecule has 0 radical (unpaired) electrons. The van der Waals surface area contributed by atoms with Gasteiger partial charge < -0.3 is 4.74 Å². The number of hydrogen-bond acceptors (Lipinski definition) is 3. The number of nitrogens with zero attached hydrogens (tertiary/aromatic N) is 1. The Morgan fingerprint density at radius 2 is 2.17 bits per heavy atom. The fourth-order valence-electron chi connectivity index (χ4n) is 1.63. The summed E-state index contributed by atoms with van der Waals surface area (Å²) in [5.74, 6) is 1.31. The normalized spacial score (nSPS) is 12.2. The van der Waals surface area contributed by atoms with Crippen LogP contribution >= 0.6 is 15.9 Å². The first-order valence-electron chi connectivity index (χ1n) is 5.98. The molecule has 5 heteroatoms. The molecule has 0 amide bonds. The molecular weight excluding hydrogens is 298 g/mol. The van der Waals surface area contributed by atoms with E-state index in [-0.39, 0.29) is 10.6 Å². The summed E-state index contributed by atoms with van der Waals surface area (Å²) >= 11 is 3.41. The highest BCUT2D eigenvalue weighted by atomic mass is 79.9. The van der Waals surface area contributed by atoms with Crippen LogP contribution < -0.4 is 4.74 Å². The van der Waals surface area contributed by atoms with Crippen molar-refractivity contribution in [3.8, 4) is 5.75 Å². The molecule has 1 aromatic rings. The third-order valence-electron chi connectivity index (χ3n) is 2.85. The molecule has 0 aromatic heterocycles. The van der Waals surface area contributed by atoms with Crippen molar-refractivity contribution in [2.75, 3.05) is 11.9 Å². The van der Waals surface area contributed by atoms with Gasteiger partial charge in [0.15, 0.2) is 0 Å². The van der Waals surface area contributed by atoms with Gasteiger partial charge in [-0.1, -0.05) is 22.9 Å². The lowest BCUT2D eigenvalue weighted by Gasteiger charge is -2.11. The minimum Gasteiger partial charge on any atom is -0.494 e. The van der Waals surface area contributed by atoms with Crippen LogP contribution in [-0.2, 0) is 0 Å². The summed E-state index contributed by atoms with van der Waals surface area (Å²) in [5, 5.41) is 11.7. The highest BCUT2D eigenvalue weighted by Gasteiger charge is 2.10. The highest BCUT2D eigenvalue weighted by molar-refractivity contribution is 9.09. The van der Waals surface area contributed by atoms with E-state index in [4.69, 9.17) is 4.74 Å². The molecule has 1 atom stereocenters. The Balaban J connectivity index is 2.49. The van der Waals surface area contributed by atoms with Crippen LogP contribution in [-0.4, -0.2) is 16.9 Å². The second-order valence-corrected chi connectivity index (χ2v) is 5.22. The number of hydrogen-bond donors (Lipinski definition) is 0. The summed E-state index contributed by atoms with van der Waals surface area (Å²) in [5.41, 5.74) is 0.765. The van der Waals surface area contributed by atoms with E-state index in [0.29, 0.717) is 23.8 Å². The fraction of sp³-hybridized carbons (Fsp3) is 0.538. The van der Waals surface area contributed by atoms with Crippen LogP contribution in [0.1, 0.15) is 25.3 Å². The van der Waals surface area contributed by atoms with Gasteiger partial charge in [0.1, 0.15) is 5.75 Å². The Kier molecular flexibility index (Phi) is 6.12. The third-order valence-corrected chi connectivity index (χ3v) is 3.30. The Morgan fingerprint density at radius 1 is 1.44 bits per heavy atom. The van der Waals surface area contributed by atoms with Crippen molar-refractivity contribution in [3.05, 3.63) is 33.9 Å². The zero-order valence-corrected chi connectivity index (χ0v) is 12.3. The molecule has 18 heavy (non-hydrogen) atoms. The van der Waals surface area contributed by atoms with Gasteiger partial charge >= 0.3 is 0 Å². The summed E-state index contributed by atoms with van der Waals surface area (Å²) < 4.78 is 5.60. The molecule has 1 rings (SSSR count). The predicted octanol–water partition coefficient (Wildman–Crippen LogP) is 4.09. The lowest BCUT2D eigenvalue weighted by molar-refractivity contribution is -0.385. The molecule has 0 N–H and O–H groups in total. The fourth-order valence-corrected chi connectivity index (χ4v) is 2.41. The number of nitro benzene ring substituents is 1. The largest absolute Gasteiger partial charge is 0.494 e. The maximum absolute atomic E-state index is 10.7. The molecule has 0 fully saturated rings. The quantitative estimate of drug-likeness (QED) is 0.432. The van der Waals surface area contributed by atoms with Crippen molar-refractivity contribution < 1.29 is 9.66 Å². The standard InChI is InChI=1S/C13H18BrNO3/c1-10(5-7-14)6-8-18-12-3-4-13(15(16)17)11(2)9-12/h3-4,9-10H,5-8H2,1-2H3. The Hall–Kier alpha value is -1.10. The topological polar surface area (TPSA) is 52.4 Å². The Bertz CT molecular complexity index is 409. The number of nitro groups is 1. The molecule has 0 saturated heterocycles. The van der Waals surface area contributed by atoms with Gasteiger partial charge in [-0.05, 0) is 37.8 Å². The summed E-state index contributed by atoms with van der Waals surface area (Å²) in [6, 6.07) is 4.86. The molecule has 1 unspecified atom stereocenters. The number of alkyl halides is 1. The van der Waals surface area contributed by atoms with Crippen molar-refractivity contribution in [3.63, 3.8) is 0 Å². The SMILES string of the molecule is Cc1cc(OCCC(C)CCBr)ccc1[N+](=O)[O-]. The van der Waals surface area contributed by atoms with E-state index in [9.17, 15) is 10.1 Å². The smallest absolute Gasteiger partial charge is 0.272 e. The van der Waals surface area contributed by atoms with Gasteiger partial charge in [-0.3, -0.25) is 10.1 Å². The number of aryl methyl sites for hydroxylation is 1. The lowest BCUT2D eigenvalue weighted by Crippen LogP contribution is -2.05. The summed E-state index contributed by atoms with van der Waals surface area (Å²) in [6.45, 7) is 4.55. The number of halogens is 1. The maximum atomic E-state index is 10.7.